The molecule has 0 bridgehead atoms. The molecule has 1 aromatic carbocycles. The minimum Gasteiger partial charge on any atom is -0.448 e. The van der Waals surface area contributed by atoms with Crippen molar-refractivity contribution >= 4 is 6.09 Å². The van der Waals surface area contributed by atoms with Crippen molar-refractivity contribution in [2.75, 3.05) is 19.8 Å². The van der Waals surface area contributed by atoms with E-state index in [1.165, 1.54) is 18.4 Å². The van der Waals surface area contributed by atoms with Crippen molar-refractivity contribution in [1.82, 2.24) is 9.80 Å². The lowest BCUT2D eigenvalue weighted by Crippen LogP contribution is -2.53. The minimum atomic E-state index is -0.628. The Balaban J connectivity index is 1.61. The van der Waals surface area contributed by atoms with Gasteiger partial charge in [0.05, 0.1) is 12.1 Å². The van der Waals surface area contributed by atoms with Gasteiger partial charge in [-0.2, -0.15) is 0 Å². The molecule has 2 aliphatic heterocycles. The van der Waals surface area contributed by atoms with Gasteiger partial charge in [0.1, 0.15) is 12.3 Å². The summed E-state index contributed by atoms with van der Waals surface area (Å²) < 4.78 is 11.6. The summed E-state index contributed by atoms with van der Waals surface area (Å²) in [6.07, 6.45) is 3.20. The van der Waals surface area contributed by atoms with E-state index in [-0.39, 0.29) is 17.7 Å². The van der Waals surface area contributed by atoms with Crippen LogP contribution in [0.3, 0.4) is 0 Å². The maximum atomic E-state index is 12.8. The summed E-state index contributed by atoms with van der Waals surface area (Å²) in [5.74, 6) is 0. The SMILES string of the molecule is CC1(C)COC(C)(C)N1C(=O)OC[C@@H]1CCCCN1Cc1ccccc1. The van der Waals surface area contributed by atoms with Crippen LogP contribution in [0.5, 0.6) is 0 Å². The van der Waals surface area contributed by atoms with Crippen LogP contribution in [0.4, 0.5) is 4.79 Å². The smallest absolute Gasteiger partial charge is 0.412 e. The molecule has 0 aliphatic carbocycles. The molecule has 2 fully saturated rings. The molecular weight excluding hydrogens is 328 g/mol. The highest BCUT2D eigenvalue weighted by Gasteiger charge is 2.49. The Morgan fingerprint density at radius 2 is 1.92 bits per heavy atom. The summed E-state index contributed by atoms with van der Waals surface area (Å²) in [4.78, 5) is 17.0. The van der Waals surface area contributed by atoms with E-state index in [4.69, 9.17) is 9.47 Å². The van der Waals surface area contributed by atoms with Gasteiger partial charge in [0, 0.05) is 12.6 Å². The van der Waals surface area contributed by atoms with Crippen molar-refractivity contribution in [2.45, 2.75) is 70.8 Å². The van der Waals surface area contributed by atoms with Crippen molar-refractivity contribution in [2.24, 2.45) is 0 Å². The van der Waals surface area contributed by atoms with E-state index >= 15 is 0 Å². The van der Waals surface area contributed by atoms with Crippen LogP contribution in [0.2, 0.25) is 0 Å². The van der Waals surface area contributed by atoms with Crippen LogP contribution >= 0.6 is 0 Å². The summed E-state index contributed by atoms with van der Waals surface area (Å²) in [6.45, 7) is 10.8. The van der Waals surface area contributed by atoms with Gasteiger partial charge in [0.25, 0.3) is 0 Å². The molecule has 5 heteroatoms. The van der Waals surface area contributed by atoms with Crippen LogP contribution in [-0.4, -0.2) is 53.0 Å². The normalized spacial score (nSPS) is 25.2. The fraction of sp³-hybridized carbons (Fsp3) is 0.667. The lowest BCUT2D eigenvalue weighted by atomic mass is 10.0. The number of rotatable bonds is 4. The molecule has 0 spiro atoms. The van der Waals surface area contributed by atoms with Crippen LogP contribution in [-0.2, 0) is 16.0 Å². The number of carbonyl (C=O) groups is 1. The van der Waals surface area contributed by atoms with Gasteiger partial charge in [0.15, 0.2) is 0 Å². The number of nitrogens with zero attached hydrogens (tertiary/aromatic N) is 2. The van der Waals surface area contributed by atoms with Crippen LogP contribution in [0, 0.1) is 0 Å². The van der Waals surface area contributed by atoms with Crippen molar-refractivity contribution in [3.63, 3.8) is 0 Å². The molecule has 3 rings (SSSR count). The molecule has 1 amide bonds. The first-order chi connectivity index (χ1) is 12.3. The molecule has 0 N–H and O–H groups in total. The van der Waals surface area contributed by atoms with Crippen LogP contribution in [0.1, 0.15) is 52.5 Å². The predicted molar refractivity (Wildman–Crippen MR) is 102 cm³/mol. The number of amides is 1. The number of ether oxygens (including phenoxy) is 2. The second kappa shape index (κ2) is 7.57. The van der Waals surface area contributed by atoms with E-state index in [2.05, 4.69) is 29.2 Å². The Bertz CT molecular complexity index is 599. The largest absolute Gasteiger partial charge is 0.448 e. The van der Waals surface area contributed by atoms with Crippen molar-refractivity contribution < 1.29 is 14.3 Å². The second-order valence-corrected chi connectivity index (χ2v) is 8.57. The molecule has 0 aromatic heterocycles. The summed E-state index contributed by atoms with van der Waals surface area (Å²) >= 11 is 0. The van der Waals surface area contributed by atoms with Gasteiger partial charge in [-0.15, -0.1) is 0 Å². The molecule has 26 heavy (non-hydrogen) atoms. The molecule has 0 saturated carbocycles. The number of hydrogen-bond acceptors (Lipinski definition) is 4. The average Bonchev–Trinajstić information content (AvgIpc) is 2.83. The predicted octanol–water partition coefficient (Wildman–Crippen LogP) is 4.02. The summed E-state index contributed by atoms with van der Waals surface area (Å²) in [6, 6.07) is 10.8. The van der Waals surface area contributed by atoms with Crippen molar-refractivity contribution in [1.29, 1.82) is 0 Å². The monoisotopic (exact) mass is 360 g/mol. The summed E-state index contributed by atoms with van der Waals surface area (Å²) in [5, 5.41) is 0. The first-order valence-corrected chi connectivity index (χ1v) is 9.69. The van der Waals surface area contributed by atoms with E-state index in [1.54, 1.807) is 4.90 Å². The number of benzene rings is 1. The first kappa shape index (κ1) is 19.2. The van der Waals surface area contributed by atoms with Crippen LogP contribution < -0.4 is 0 Å². The van der Waals surface area contributed by atoms with Crippen LogP contribution in [0.15, 0.2) is 30.3 Å². The zero-order valence-electron chi connectivity index (χ0n) is 16.5. The van der Waals surface area contributed by atoms with E-state index in [0.717, 1.165) is 19.5 Å². The minimum absolute atomic E-state index is 0.275. The molecular formula is C21H32N2O3. The molecule has 1 aromatic rings. The number of piperidine rings is 1. The third-order valence-corrected chi connectivity index (χ3v) is 5.48. The van der Waals surface area contributed by atoms with Gasteiger partial charge in [-0.3, -0.25) is 9.80 Å². The molecule has 0 unspecified atom stereocenters. The van der Waals surface area contributed by atoms with Crippen LogP contribution in [0.25, 0.3) is 0 Å². The molecule has 2 heterocycles. The Kier molecular flexibility index (Phi) is 5.58. The van der Waals surface area contributed by atoms with Gasteiger partial charge in [-0.1, -0.05) is 36.8 Å². The number of hydrogen-bond donors (Lipinski definition) is 0. The third-order valence-electron chi connectivity index (χ3n) is 5.48. The Morgan fingerprint density at radius 3 is 2.58 bits per heavy atom. The maximum absolute atomic E-state index is 12.8. The maximum Gasteiger partial charge on any atom is 0.412 e. The zero-order valence-corrected chi connectivity index (χ0v) is 16.5. The first-order valence-electron chi connectivity index (χ1n) is 9.69. The number of carbonyl (C=O) groups excluding carboxylic acids is 1. The average molecular weight is 360 g/mol. The Morgan fingerprint density at radius 1 is 1.19 bits per heavy atom. The van der Waals surface area contributed by atoms with E-state index in [1.807, 2.05) is 33.8 Å². The number of likely N-dealkylation sites (tertiary alicyclic amines) is 1. The van der Waals surface area contributed by atoms with Crippen molar-refractivity contribution in [3.8, 4) is 0 Å². The highest BCUT2D eigenvalue weighted by atomic mass is 16.6. The van der Waals surface area contributed by atoms with E-state index in [9.17, 15) is 4.79 Å². The zero-order chi connectivity index (χ0) is 18.8. The van der Waals surface area contributed by atoms with Gasteiger partial charge < -0.3 is 9.47 Å². The highest BCUT2D eigenvalue weighted by molar-refractivity contribution is 5.70. The molecule has 5 nitrogen and oxygen atoms in total. The van der Waals surface area contributed by atoms with Gasteiger partial charge >= 0.3 is 6.09 Å². The molecule has 1 atom stereocenters. The highest BCUT2D eigenvalue weighted by Crippen LogP contribution is 2.35. The van der Waals surface area contributed by atoms with E-state index < -0.39 is 5.72 Å². The second-order valence-electron chi connectivity index (χ2n) is 8.57. The van der Waals surface area contributed by atoms with E-state index in [0.29, 0.717) is 13.2 Å². The summed E-state index contributed by atoms with van der Waals surface area (Å²) in [7, 11) is 0. The Labute approximate surface area is 157 Å². The molecule has 144 valence electrons. The quantitative estimate of drug-likeness (QED) is 0.813. The molecule has 2 aliphatic rings. The lowest BCUT2D eigenvalue weighted by Gasteiger charge is -2.39. The van der Waals surface area contributed by atoms with Crippen molar-refractivity contribution in [3.05, 3.63) is 35.9 Å². The standard InChI is InChI=1S/C21H32N2O3/c1-20(2)16-26-21(3,4)23(20)19(24)25-15-18-12-8-9-13-22(18)14-17-10-6-5-7-11-17/h5-7,10-11,18H,8-9,12-16H2,1-4H3/t18-/m0/s1. The van der Waals surface area contributed by atoms with Gasteiger partial charge in [-0.25, -0.2) is 4.79 Å². The van der Waals surface area contributed by atoms with Gasteiger partial charge in [0.2, 0.25) is 0 Å². The van der Waals surface area contributed by atoms with Gasteiger partial charge in [-0.05, 0) is 52.6 Å². The molecule has 2 saturated heterocycles. The Hall–Kier alpha value is -1.59. The lowest BCUT2D eigenvalue weighted by molar-refractivity contribution is -0.0560. The third kappa shape index (κ3) is 4.21. The molecule has 0 radical (unpaired) electrons. The topological polar surface area (TPSA) is 42.0 Å². The fourth-order valence-electron chi connectivity index (χ4n) is 4.19. The fourth-order valence-corrected chi connectivity index (χ4v) is 4.19. The summed E-state index contributed by atoms with van der Waals surface area (Å²) in [5.41, 5.74) is 0.328.